The van der Waals surface area contributed by atoms with Crippen molar-refractivity contribution in [2.75, 3.05) is 5.75 Å². The van der Waals surface area contributed by atoms with E-state index in [1.165, 1.54) is 0 Å². The summed E-state index contributed by atoms with van der Waals surface area (Å²) in [6.07, 6.45) is 2.50. The number of halogens is 1. The highest BCUT2D eigenvalue weighted by atomic mass is 35.5. The van der Waals surface area contributed by atoms with E-state index in [1.807, 2.05) is 26.0 Å². The molecule has 80 valence electrons. The smallest absolute Gasteiger partial charge is 0.0960 e. The Morgan fingerprint density at radius 3 is 2.80 bits per heavy atom. The Labute approximate surface area is 99.7 Å². The topological polar surface area (TPSA) is 36.7 Å². The molecule has 0 atom stereocenters. The maximum absolute atomic E-state index is 8.84. The maximum atomic E-state index is 8.84. The minimum absolute atomic E-state index is 0.251. The quantitative estimate of drug-likeness (QED) is 0.752. The molecule has 0 unspecified atom stereocenters. The van der Waals surface area contributed by atoms with Gasteiger partial charge in [-0.15, -0.1) is 11.8 Å². The summed E-state index contributed by atoms with van der Waals surface area (Å²) in [6.45, 7) is 3.89. The average Bonchev–Trinajstić information content (AvgIpc) is 2.21. The second-order valence-electron chi connectivity index (χ2n) is 3.91. The van der Waals surface area contributed by atoms with Crippen LogP contribution in [0.15, 0.2) is 23.4 Å². The van der Waals surface area contributed by atoms with Crippen LogP contribution < -0.4 is 0 Å². The summed E-state index contributed by atoms with van der Waals surface area (Å²) >= 11 is 7.38. The second kappa shape index (κ2) is 5.39. The lowest BCUT2D eigenvalue weighted by Gasteiger charge is -2.13. The van der Waals surface area contributed by atoms with Gasteiger partial charge in [0.1, 0.15) is 0 Å². The Morgan fingerprint density at radius 2 is 2.27 bits per heavy atom. The fourth-order valence-corrected chi connectivity index (χ4v) is 2.14. The molecule has 0 radical (unpaired) electrons. The van der Waals surface area contributed by atoms with Gasteiger partial charge in [0.25, 0.3) is 0 Å². The lowest BCUT2D eigenvalue weighted by atomic mass is 9.93. The van der Waals surface area contributed by atoms with Gasteiger partial charge >= 0.3 is 0 Å². The normalized spacial score (nSPS) is 11.1. The molecule has 0 aliphatic heterocycles. The van der Waals surface area contributed by atoms with Gasteiger partial charge in [-0.3, -0.25) is 0 Å². The van der Waals surface area contributed by atoms with Crippen LogP contribution in [0.25, 0.3) is 0 Å². The average molecular weight is 241 g/mol. The number of nitriles is 1. The van der Waals surface area contributed by atoms with Crippen LogP contribution in [0.3, 0.4) is 0 Å². The van der Waals surface area contributed by atoms with Gasteiger partial charge in [0.05, 0.1) is 21.5 Å². The van der Waals surface area contributed by atoms with E-state index in [0.29, 0.717) is 5.02 Å². The van der Waals surface area contributed by atoms with E-state index in [-0.39, 0.29) is 5.41 Å². The van der Waals surface area contributed by atoms with Crippen LogP contribution in [0.2, 0.25) is 5.02 Å². The highest BCUT2D eigenvalue weighted by Crippen LogP contribution is 2.25. The van der Waals surface area contributed by atoms with E-state index in [4.69, 9.17) is 16.9 Å². The zero-order chi connectivity index (χ0) is 11.3. The molecule has 0 spiro atoms. The van der Waals surface area contributed by atoms with Crippen molar-refractivity contribution in [3.8, 4) is 6.07 Å². The van der Waals surface area contributed by atoms with Crippen molar-refractivity contribution in [3.63, 3.8) is 0 Å². The molecule has 2 nitrogen and oxygen atoms in total. The number of hydrogen-bond acceptors (Lipinski definition) is 3. The van der Waals surface area contributed by atoms with Gasteiger partial charge in [0, 0.05) is 11.9 Å². The number of hydrogen-bond donors (Lipinski definition) is 0. The van der Waals surface area contributed by atoms with E-state index in [1.54, 1.807) is 18.0 Å². The molecule has 0 amide bonds. The van der Waals surface area contributed by atoms with E-state index in [9.17, 15) is 0 Å². The van der Waals surface area contributed by atoms with E-state index < -0.39 is 0 Å². The highest BCUT2D eigenvalue weighted by molar-refractivity contribution is 7.99. The predicted molar refractivity (Wildman–Crippen MR) is 64.0 cm³/mol. The van der Waals surface area contributed by atoms with Gasteiger partial charge in [0.15, 0.2) is 0 Å². The molecule has 0 aliphatic carbocycles. The zero-order valence-corrected chi connectivity index (χ0v) is 10.4. The number of aromatic nitrogens is 1. The van der Waals surface area contributed by atoms with Crippen molar-refractivity contribution in [1.82, 2.24) is 4.98 Å². The molecule has 1 rings (SSSR count). The van der Waals surface area contributed by atoms with Gasteiger partial charge < -0.3 is 0 Å². The fraction of sp³-hybridized carbons (Fsp3) is 0.455. The van der Waals surface area contributed by atoms with Crippen molar-refractivity contribution in [1.29, 1.82) is 5.26 Å². The SMILES string of the molecule is CC(C)(C#N)CCSc1ccc(Cl)cn1. The number of thioether (sulfide) groups is 1. The molecule has 1 heterocycles. The first-order valence-electron chi connectivity index (χ1n) is 4.69. The molecule has 0 N–H and O–H groups in total. The van der Waals surface area contributed by atoms with Gasteiger partial charge in [0.2, 0.25) is 0 Å². The Bertz CT molecular complexity index is 354. The lowest BCUT2D eigenvalue weighted by molar-refractivity contribution is 0.482. The Morgan fingerprint density at radius 1 is 1.53 bits per heavy atom. The molecule has 0 bridgehead atoms. The first kappa shape index (κ1) is 12.4. The van der Waals surface area contributed by atoms with Crippen LogP contribution in [0.5, 0.6) is 0 Å². The summed E-state index contributed by atoms with van der Waals surface area (Å²) in [4.78, 5) is 4.17. The molecular weight excluding hydrogens is 228 g/mol. The van der Waals surface area contributed by atoms with Gasteiger partial charge in [-0.1, -0.05) is 11.6 Å². The molecule has 1 aromatic rings. The van der Waals surface area contributed by atoms with Crippen molar-refractivity contribution >= 4 is 23.4 Å². The highest BCUT2D eigenvalue weighted by Gasteiger charge is 2.15. The molecule has 0 aliphatic rings. The molecular formula is C11H13ClN2S. The van der Waals surface area contributed by atoms with Crippen LogP contribution in [0, 0.1) is 16.7 Å². The molecule has 4 heteroatoms. The minimum Gasteiger partial charge on any atom is -0.248 e. The standard InChI is InChI=1S/C11H13ClN2S/c1-11(2,8-13)5-6-15-10-4-3-9(12)7-14-10/h3-4,7H,5-6H2,1-2H3. The first-order chi connectivity index (χ1) is 7.03. The summed E-state index contributed by atoms with van der Waals surface area (Å²) < 4.78 is 0. The van der Waals surface area contributed by atoms with Gasteiger partial charge in [-0.2, -0.15) is 5.26 Å². The minimum atomic E-state index is -0.251. The van der Waals surface area contributed by atoms with Crippen LogP contribution >= 0.6 is 23.4 Å². The second-order valence-corrected chi connectivity index (χ2v) is 5.46. The van der Waals surface area contributed by atoms with Gasteiger partial charge in [-0.25, -0.2) is 4.98 Å². The van der Waals surface area contributed by atoms with Crippen LogP contribution in [-0.2, 0) is 0 Å². The third kappa shape index (κ3) is 4.55. The molecule has 0 saturated carbocycles. The number of nitrogens with zero attached hydrogens (tertiary/aromatic N) is 2. The zero-order valence-electron chi connectivity index (χ0n) is 8.83. The third-order valence-corrected chi connectivity index (χ3v) is 3.15. The fourth-order valence-electron chi connectivity index (χ4n) is 0.914. The number of pyridine rings is 1. The summed E-state index contributed by atoms with van der Waals surface area (Å²) in [5.74, 6) is 0.898. The predicted octanol–water partition coefficient (Wildman–Crippen LogP) is 3.77. The van der Waals surface area contributed by atoms with Crippen LogP contribution in [-0.4, -0.2) is 10.7 Å². The molecule has 0 saturated heterocycles. The van der Waals surface area contributed by atoms with Crippen molar-refractivity contribution < 1.29 is 0 Å². The van der Waals surface area contributed by atoms with Crippen LogP contribution in [0.4, 0.5) is 0 Å². The largest absolute Gasteiger partial charge is 0.248 e. The summed E-state index contributed by atoms with van der Waals surface area (Å²) in [5.41, 5.74) is -0.251. The third-order valence-electron chi connectivity index (χ3n) is 1.98. The Hall–Kier alpha value is -0.720. The molecule has 15 heavy (non-hydrogen) atoms. The molecule has 1 aromatic heterocycles. The molecule has 0 aromatic carbocycles. The summed E-state index contributed by atoms with van der Waals surface area (Å²) in [7, 11) is 0. The van der Waals surface area contributed by atoms with Crippen LogP contribution in [0.1, 0.15) is 20.3 Å². The van der Waals surface area contributed by atoms with E-state index in [0.717, 1.165) is 17.2 Å². The van der Waals surface area contributed by atoms with Crippen molar-refractivity contribution in [3.05, 3.63) is 23.4 Å². The van der Waals surface area contributed by atoms with Gasteiger partial charge in [-0.05, 0) is 32.4 Å². The number of rotatable bonds is 4. The first-order valence-corrected chi connectivity index (χ1v) is 6.05. The monoisotopic (exact) mass is 240 g/mol. The van der Waals surface area contributed by atoms with Crippen molar-refractivity contribution in [2.45, 2.75) is 25.3 Å². The van der Waals surface area contributed by atoms with E-state index >= 15 is 0 Å². The molecule has 0 fully saturated rings. The Balaban J connectivity index is 2.39. The summed E-state index contributed by atoms with van der Waals surface area (Å²) in [6, 6.07) is 6.00. The lowest BCUT2D eigenvalue weighted by Crippen LogP contribution is -2.08. The maximum Gasteiger partial charge on any atom is 0.0960 e. The van der Waals surface area contributed by atoms with E-state index in [2.05, 4.69) is 11.1 Å². The van der Waals surface area contributed by atoms with Crippen molar-refractivity contribution in [2.24, 2.45) is 5.41 Å². The Kier molecular flexibility index (Phi) is 4.44. The summed E-state index contributed by atoms with van der Waals surface area (Å²) in [5, 5.41) is 10.4.